The van der Waals surface area contributed by atoms with E-state index in [4.69, 9.17) is 4.74 Å². The van der Waals surface area contributed by atoms with Crippen molar-refractivity contribution in [2.45, 2.75) is 18.4 Å². The van der Waals surface area contributed by atoms with Gasteiger partial charge in [0.15, 0.2) is 0 Å². The molecule has 4 heteroatoms. The van der Waals surface area contributed by atoms with E-state index in [9.17, 15) is 15.0 Å². The fourth-order valence-electron chi connectivity index (χ4n) is 2.30. The molecule has 110 valence electrons. The van der Waals surface area contributed by atoms with Crippen LogP contribution in [0.1, 0.15) is 24.2 Å². The van der Waals surface area contributed by atoms with Crippen molar-refractivity contribution in [3.63, 3.8) is 0 Å². The number of aliphatic hydroxyl groups excluding tert-OH is 1. The zero-order chi connectivity index (χ0) is 15.5. The van der Waals surface area contributed by atoms with Gasteiger partial charge in [0.1, 0.15) is 11.2 Å². The van der Waals surface area contributed by atoms with E-state index in [1.165, 1.54) is 6.92 Å². The molecule has 0 aliphatic carbocycles. The molecule has 0 amide bonds. The van der Waals surface area contributed by atoms with Gasteiger partial charge in [-0.2, -0.15) is 0 Å². The third-order valence-electron chi connectivity index (χ3n) is 3.80. The Kier molecular flexibility index (Phi) is 4.29. The average Bonchev–Trinajstić information content (AvgIpc) is 2.54. The quantitative estimate of drug-likeness (QED) is 0.887. The van der Waals surface area contributed by atoms with Gasteiger partial charge in [-0.05, 0) is 30.2 Å². The molecular weight excluding hydrogens is 268 g/mol. The lowest BCUT2D eigenvalue weighted by molar-refractivity contribution is -0.148. The summed E-state index contributed by atoms with van der Waals surface area (Å²) < 4.78 is 5.07. The van der Waals surface area contributed by atoms with Crippen molar-refractivity contribution in [2.75, 3.05) is 7.11 Å². The second-order valence-corrected chi connectivity index (χ2v) is 5.05. The molecule has 2 aromatic rings. The number of carboxylic acid groups (broad SMARTS) is 1. The van der Waals surface area contributed by atoms with E-state index in [1.54, 1.807) is 55.6 Å². The van der Waals surface area contributed by atoms with Crippen molar-refractivity contribution < 1.29 is 19.7 Å². The third-order valence-corrected chi connectivity index (χ3v) is 3.80. The molecule has 0 heterocycles. The highest BCUT2D eigenvalue weighted by molar-refractivity contribution is 5.82. The summed E-state index contributed by atoms with van der Waals surface area (Å²) in [4.78, 5) is 11.8. The molecule has 0 fully saturated rings. The Morgan fingerprint density at radius 2 is 1.67 bits per heavy atom. The van der Waals surface area contributed by atoms with Crippen LogP contribution in [0.4, 0.5) is 0 Å². The van der Waals surface area contributed by atoms with E-state index in [-0.39, 0.29) is 0 Å². The molecule has 0 radical (unpaired) electrons. The Balaban J connectivity index is 2.44. The van der Waals surface area contributed by atoms with Gasteiger partial charge >= 0.3 is 5.97 Å². The predicted molar refractivity (Wildman–Crippen MR) is 79.4 cm³/mol. The Morgan fingerprint density at radius 3 is 2.14 bits per heavy atom. The zero-order valence-corrected chi connectivity index (χ0v) is 12.0. The fraction of sp³-hybridized carbons (Fsp3) is 0.235. The monoisotopic (exact) mass is 286 g/mol. The van der Waals surface area contributed by atoms with Crippen LogP contribution in [0.5, 0.6) is 5.75 Å². The van der Waals surface area contributed by atoms with Crippen LogP contribution in [0.15, 0.2) is 54.6 Å². The van der Waals surface area contributed by atoms with Gasteiger partial charge < -0.3 is 14.9 Å². The van der Waals surface area contributed by atoms with E-state index in [0.717, 1.165) is 0 Å². The lowest BCUT2D eigenvalue weighted by atomic mass is 9.75. The predicted octanol–water partition coefficient (Wildman–Crippen LogP) is 2.77. The summed E-state index contributed by atoms with van der Waals surface area (Å²) in [7, 11) is 1.55. The Bertz CT molecular complexity index is 606. The number of hydrogen-bond acceptors (Lipinski definition) is 3. The van der Waals surface area contributed by atoms with Gasteiger partial charge in [0.2, 0.25) is 0 Å². The molecule has 0 aliphatic heterocycles. The van der Waals surface area contributed by atoms with Gasteiger partial charge in [-0.3, -0.25) is 4.79 Å². The highest BCUT2D eigenvalue weighted by Crippen LogP contribution is 2.38. The second kappa shape index (κ2) is 5.97. The minimum Gasteiger partial charge on any atom is -0.497 e. The first-order valence-electron chi connectivity index (χ1n) is 6.61. The summed E-state index contributed by atoms with van der Waals surface area (Å²) in [6, 6.07) is 15.5. The molecule has 21 heavy (non-hydrogen) atoms. The number of aliphatic hydroxyl groups is 1. The van der Waals surface area contributed by atoms with Crippen molar-refractivity contribution >= 4 is 5.97 Å². The molecule has 0 unspecified atom stereocenters. The highest BCUT2D eigenvalue weighted by Gasteiger charge is 2.43. The van der Waals surface area contributed by atoms with Crippen LogP contribution in [0.25, 0.3) is 0 Å². The number of carbonyl (C=O) groups is 1. The third kappa shape index (κ3) is 2.76. The second-order valence-electron chi connectivity index (χ2n) is 5.05. The summed E-state index contributed by atoms with van der Waals surface area (Å²) in [6.07, 6.45) is -1.16. The maximum Gasteiger partial charge on any atom is 0.316 e. The van der Waals surface area contributed by atoms with Crippen LogP contribution in [0.3, 0.4) is 0 Å². The van der Waals surface area contributed by atoms with Gasteiger partial charge in [0.05, 0.1) is 13.2 Å². The van der Waals surface area contributed by atoms with Crippen LogP contribution < -0.4 is 4.74 Å². The first-order chi connectivity index (χ1) is 10.00. The number of methoxy groups -OCH3 is 1. The van der Waals surface area contributed by atoms with Crippen LogP contribution in [-0.2, 0) is 10.2 Å². The first kappa shape index (κ1) is 15.1. The first-order valence-corrected chi connectivity index (χ1v) is 6.61. The SMILES string of the molecule is COc1ccc([C@H](O)[C@@](C)(C(=O)O)c2ccccc2)cc1. The number of ether oxygens (including phenoxy) is 1. The zero-order valence-electron chi connectivity index (χ0n) is 12.0. The molecule has 2 aromatic carbocycles. The van der Waals surface area contributed by atoms with Crippen molar-refractivity contribution in [3.05, 3.63) is 65.7 Å². The molecule has 2 rings (SSSR count). The number of hydrogen-bond donors (Lipinski definition) is 2. The molecular formula is C17H18O4. The molecule has 0 aromatic heterocycles. The number of rotatable bonds is 5. The van der Waals surface area contributed by atoms with Crippen molar-refractivity contribution in [3.8, 4) is 5.75 Å². The summed E-state index contributed by atoms with van der Waals surface area (Å²) in [6.45, 7) is 1.53. The summed E-state index contributed by atoms with van der Waals surface area (Å²) in [5.41, 5.74) is -0.332. The maximum atomic E-state index is 11.8. The summed E-state index contributed by atoms with van der Waals surface area (Å²) >= 11 is 0. The molecule has 0 spiro atoms. The van der Waals surface area contributed by atoms with Crippen LogP contribution in [0.2, 0.25) is 0 Å². The molecule has 2 atom stereocenters. The Hall–Kier alpha value is -2.33. The largest absolute Gasteiger partial charge is 0.497 e. The lowest BCUT2D eigenvalue weighted by Crippen LogP contribution is -2.39. The van der Waals surface area contributed by atoms with Gasteiger partial charge in [-0.15, -0.1) is 0 Å². The Morgan fingerprint density at radius 1 is 1.10 bits per heavy atom. The molecule has 0 bridgehead atoms. The molecule has 0 aliphatic rings. The summed E-state index contributed by atoms with van der Waals surface area (Å²) in [5.74, 6) is -0.417. The smallest absolute Gasteiger partial charge is 0.316 e. The van der Waals surface area contributed by atoms with Crippen LogP contribution >= 0.6 is 0 Å². The number of carboxylic acids is 1. The van der Waals surface area contributed by atoms with Crippen molar-refractivity contribution in [2.24, 2.45) is 0 Å². The van der Waals surface area contributed by atoms with E-state index in [0.29, 0.717) is 16.9 Å². The number of benzene rings is 2. The maximum absolute atomic E-state index is 11.8. The van der Waals surface area contributed by atoms with Gasteiger partial charge in [-0.25, -0.2) is 0 Å². The Labute approximate surface area is 123 Å². The molecule has 0 saturated carbocycles. The van der Waals surface area contributed by atoms with Gasteiger partial charge in [-0.1, -0.05) is 42.5 Å². The molecule has 4 nitrogen and oxygen atoms in total. The van der Waals surface area contributed by atoms with Gasteiger partial charge in [0, 0.05) is 0 Å². The van der Waals surface area contributed by atoms with Crippen molar-refractivity contribution in [1.82, 2.24) is 0 Å². The van der Waals surface area contributed by atoms with Crippen LogP contribution in [0, 0.1) is 0 Å². The summed E-state index contributed by atoms with van der Waals surface area (Å²) in [5, 5.41) is 20.2. The van der Waals surface area contributed by atoms with Crippen molar-refractivity contribution in [1.29, 1.82) is 0 Å². The normalized spacial score (nSPS) is 15.0. The van der Waals surface area contributed by atoms with E-state index in [2.05, 4.69) is 0 Å². The molecule has 0 saturated heterocycles. The molecule has 2 N–H and O–H groups in total. The fourth-order valence-corrected chi connectivity index (χ4v) is 2.30. The topological polar surface area (TPSA) is 66.8 Å². The highest BCUT2D eigenvalue weighted by atomic mass is 16.5. The minimum absolute atomic E-state index is 0.532. The van der Waals surface area contributed by atoms with Crippen LogP contribution in [-0.4, -0.2) is 23.3 Å². The van der Waals surface area contributed by atoms with E-state index >= 15 is 0 Å². The lowest BCUT2D eigenvalue weighted by Gasteiger charge is -2.31. The number of aliphatic carboxylic acids is 1. The minimum atomic E-state index is -1.42. The van der Waals surface area contributed by atoms with Gasteiger partial charge in [0.25, 0.3) is 0 Å². The average molecular weight is 286 g/mol. The van der Waals surface area contributed by atoms with E-state index in [1.807, 2.05) is 6.07 Å². The standard InChI is InChI=1S/C17H18O4/c1-17(16(19)20,13-6-4-3-5-7-13)15(18)12-8-10-14(21-2)11-9-12/h3-11,15,18H,1-2H3,(H,19,20)/t15-,17-/m0/s1. The van der Waals surface area contributed by atoms with E-state index < -0.39 is 17.5 Å².